The zero-order valence-corrected chi connectivity index (χ0v) is 14.9. The van der Waals surface area contributed by atoms with E-state index in [1.54, 1.807) is 4.90 Å². The minimum atomic E-state index is -0.422. The van der Waals surface area contributed by atoms with E-state index in [-0.39, 0.29) is 13.1 Å². The maximum atomic E-state index is 11.4. The SMILES string of the molecule is COC(=O)CN(CC(=O)OC)Cc1cc(Br)cc(CBr)n1. The molecule has 0 aliphatic rings. The predicted octanol–water partition coefficient (Wildman–Crippen LogP) is 1.89. The van der Waals surface area contributed by atoms with E-state index in [0.29, 0.717) is 11.9 Å². The number of aromatic nitrogens is 1. The molecule has 0 radical (unpaired) electrons. The van der Waals surface area contributed by atoms with E-state index in [2.05, 4.69) is 46.3 Å². The van der Waals surface area contributed by atoms with Crippen LogP contribution in [0.5, 0.6) is 0 Å². The molecular weight excluding hydrogens is 408 g/mol. The number of methoxy groups -OCH3 is 2. The standard InChI is InChI=1S/C13H16Br2N2O4/c1-20-12(18)7-17(8-13(19)21-2)6-11-4-9(15)3-10(5-14)16-11/h3-4H,5-8H2,1-2H3. The molecule has 0 aromatic carbocycles. The third-order valence-corrected chi connectivity index (χ3v) is 3.61. The summed E-state index contributed by atoms with van der Waals surface area (Å²) in [4.78, 5) is 28.9. The van der Waals surface area contributed by atoms with Gasteiger partial charge in [0.1, 0.15) is 0 Å². The second-order valence-corrected chi connectivity index (χ2v) is 5.68. The highest BCUT2D eigenvalue weighted by Crippen LogP contribution is 2.16. The number of hydrogen-bond donors (Lipinski definition) is 0. The molecule has 8 heteroatoms. The van der Waals surface area contributed by atoms with Gasteiger partial charge in [0.2, 0.25) is 0 Å². The molecule has 21 heavy (non-hydrogen) atoms. The first kappa shape index (κ1) is 18.1. The maximum absolute atomic E-state index is 11.4. The van der Waals surface area contributed by atoms with Gasteiger partial charge in [-0.1, -0.05) is 31.9 Å². The summed E-state index contributed by atoms with van der Waals surface area (Å²) in [6, 6.07) is 3.73. The van der Waals surface area contributed by atoms with E-state index in [1.807, 2.05) is 12.1 Å². The number of carbonyl (C=O) groups excluding carboxylic acids is 2. The molecule has 6 nitrogen and oxygen atoms in total. The lowest BCUT2D eigenvalue weighted by atomic mass is 10.3. The van der Waals surface area contributed by atoms with Crippen LogP contribution in [0.25, 0.3) is 0 Å². The van der Waals surface area contributed by atoms with Crippen LogP contribution in [0.3, 0.4) is 0 Å². The summed E-state index contributed by atoms with van der Waals surface area (Å²) in [6.07, 6.45) is 0. The fourth-order valence-corrected chi connectivity index (χ4v) is 2.47. The van der Waals surface area contributed by atoms with E-state index in [1.165, 1.54) is 14.2 Å². The lowest BCUT2D eigenvalue weighted by Crippen LogP contribution is -2.35. The van der Waals surface area contributed by atoms with Crippen LogP contribution in [-0.4, -0.2) is 49.1 Å². The van der Waals surface area contributed by atoms with Crippen LogP contribution < -0.4 is 0 Å². The third-order valence-electron chi connectivity index (χ3n) is 2.58. The Balaban J connectivity index is 2.86. The second-order valence-electron chi connectivity index (χ2n) is 4.20. The van der Waals surface area contributed by atoms with Crippen LogP contribution in [-0.2, 0) is 30.9 Å². The average molecular weight is 424 g/mol. The summed E-state index contributed by atoms with van der Waals surface area (Å²) in [5, 5.41) is 0.618. The van der Waals surface area contributed by atoms with Gasteiger partial charge in [0.15, 0.2) is 0 Å². The molecular formula is C13H16Br2N2O4. The topological polar surface area (TPSA) is 68.7 Å². The smallest absolute Gasteiger partial charge is 0.319 e. The Labute approximate surface area is 140 Å². The van der Waals surface area contributed by atoms with Crippen LogP contribution in [0.4, 0.5) is 0 Å². The van der Waals surface area contributed by atoms with Crippen LogP contribution >= 0.6 is 31.9 Å². The minimum Gasteiger partial charge on any atom is -0.468 e. The van der Waals surface area contributed by atoms with Gasteiger partial charge in [-0.25, -0.2) is 0 Å². The van der Waals surface area contributed by atoms with Gasteiger partial charge in [-0.3, -0.25) is 19.5 Å². The Morgan fingerprint density at radius 3 is 2.14 bits per heavy atom. The van der Waals surface area contributed by atoms with E-state index in [0.717, 1.165) is 15.9 Å². The van der Waals surface area contributed by atoms with E-state index in [4.69, 9.17) is 0 Å². The Morgan fingerprint density at radius 2 is 1.67 bits per heavy atom. The van der Waals surface area contributed by atoms with E-state index in [9.17, 15) is 9.59 Å². The van der Waals surface area contributed by atoms with Gasteiger partial charge in [0.05, 0.1) is 38.7 Å². The molecule has 1 heterocycles. The lowest BCUT2D eigenvalue weighted by molar-refractivity contribution is -0.145. The quantitative estimate of drug-likeness (QED) is 0.492. The van der Waals surface area contributed by atoms with Crippen LogP contribution in [0.2, 0.25) is 0 Å². The summed E-state index contributed by atoms with van der Waals surface area (Å²) in [7, 11) is 2.61. The van der Waals surface area contributed by atoms with Crippen molar-refractivity contribution in [2.24, 2.45) is 0 Å². The molecule has 0 amide bonds. The highest BCUT2D eigenvalue weighted by atomic mass is 79.9. The summed E-state index contributed by atoms with van der Waals surface area (Å²) >= 11 is 6.76. The van der Waals surface area contributed by atoms with Crippen molar-refractivity contribution in [2.75, 3.05) is 27.3 Å². The van der Waals surface area contributed by atoms with Gasteiger partial charge in [0, 0.05) is 16.3 Å². The average Bonchev–Trinajstić information content (AvgIpc) is 2.45. The fourth-order valence-electron chi connectivity index (χ4n) is 1.65. The number of esters is 2. The number of carbonyl (C=O) groups is 2. The zero-order valence-electron chi connectivity index (χ0n) is 11.8. The molecule has 0 saturated heterocycles. The summed E-state index contributed by atoms with van der Waals surface area (Å²) in [5.41, 5.74) is 1.60. The van der Waals surface area contributed by atoms with Crippen molar-refractivity contribution in [3.05, 3.63) is 28.0 Å². The van der Waals surface area contributed by atoms with Crippen molar-refractivity contribution in [3.8, 4) is 0 Å². The van der Waals surface area contributed by atoms with Crippen LogP contribution in [0.1, 0.15) is 11.4 Å². The molecule has 1 aromatic rings. The Hall–Kier alpha value is -0.990. The molecule has 0 atom stereocenters. The maximum Gasteiger partial charge on any atom is 0.319 e. The lowest BCUT2D eigenvalue weighted by Gasteiger charge is -2.19. The molecule has 0 saturated carbocycles. The van der Waals surface area contributed by atoms with Crippen molar-refractivity contribution >= 4 is 43.8 Å². The molecule has 0 unspecified atom stereocenters. The minimum absolute atomic E-state index is 0.0105. The van der Waals surface area contributed by atoms with E-state index >= 15 is 0 Å². The number of ether oxygens (including phenoxy) is 2. The first-order valence-electron chi connectivity index (χ1n) is 6.05. The zero-order chi connectivity index (χ0) is 15.8. The second kappa shape index (κ2) is 9.11. The Kier molecular flexibility index (Phi) is 7.84. The van der Waals surface area contributed by atoms with Gasteiger partial charge in [0.25, 0.3) is 0 Å². The highest BCUT2D eigenvalue weighted by molar-refractivity contribution is 9.10. The Bertz CT molecular complexity index is 493. The summed E-state index contributed by atoms with van der Waals surface area (Å²) < 4.78 is 10.2. The summed E-state index contributed by atoms with van der Waals surface area (Å²) in [5.74, 6) is -0.843. The van der Waals surface area contributed by atoms with Crippen molar-refractivity contribution in [1.29, 1.82) is 0 Å². The van der Waals surface area contributed by atoms with Gasteiger partial charge in [-0.15, -0.1) is 0 Å². The molecule has 0 bridgehead atoms. The normalized spacial score (nSPS) is 10.5. The van der Waals surface area contributed by atoms with Crippen molar-refractivity contribution < 1.29 is 19.1 Å². The molecule has 1 rings (SSSR count). The third kappa shape index (κ3) is 6.54. The molecule has 116 valence electrons. The van der Waals surface area contributed by atoms with Gasteiger partial charge < -0.3 is 9.47 Å². The van der Waals surface area contributed by atoms with Crippen molar-refractivity contribution in [1.82, 2.24) is 9.88 Å². The summed E-state index contributed by atoms with van der Waals surface area (Å²) in [6.45, 7) is 0.316. The van der Waals surface area contributed by atoms with E-state index < -0.39 is 11.9 Å². The molecule has 1 aromatic heterocycles. The number of pyridine rings is 1. The molecule has 0 aliphatic heterocycles. The fraction of sp³-hybridized carbons (Fsp3) is 0.462. The molecule has 0 fully saturated rings. The van der Waals surface area contributed by atoms with Gasteiger partial charge in [-0.2, -0.15) is 0 Å². The largest absolute Gasteiger partial charge is 0.468 e. The Morgan fingerprint density at radius 1 is 1.14 bits per heavy atom. The number of rotatable bonds is 7. The van der Waals surface area contributed by atoms with Gasteiger partial charge in [-0.05, 0) is 12.1 Å². The molecule has 0 spiro atoms. The first-order valence-corrected chi connectivity index (χ1v) is 7.97. The van der Waals surface area contributed by atoms with Crippen LogP contribution in [0, 0.1) is 0 Å². The van der Waals surface area contributed by atoms with Crippen molar-refractivity contribution in [3.63, 3.8) is 0 Å². The number of hydrogen-bond acceptors (Lipinski definition) is 6. The van der Waals surface area contributed by atoms with Gasteiger partial charge >= 0.3 is 11.9 Å². The number of alkyl halides is 1. The highest BCUT2D eigenvalue weighted by Gasteiger charge is 2.17. The number of nitrogens with zero attached hydrogens (tertiary/aromatic N) is 2. The monoisotopic (exact) mass is 422 g/mol. The van der Waals surface area contributed by atoms with Crippen LogP contribution in [0.15, 0.2) is 16.6 Å². The predicted molar refractivity (Wildman–Crippen MR) is 83.9 cm³/mol. The first-order chi connectivity index (χ1) is 9.98. The molecule has 0 N–H and O–H groups in total. The van der Waals surface area contributed by atoms with Crippen molar-refractivity contribution in [2.45, 2.75) is 11.9 Å². The molecule has 0 aliphatic carbocycles. The number of halogens is 2.